The number of anilines is 1. The zero-order valence-electron chi connectivity index (χ0n) is 14.0. The van der Waals surface area contributed by atoms with E-state index in [4.69, 9.17) is 16.2 Å². The molecule has 1 aliphatic heterocycles. The van der Waals surface area contributed by atoms with Gasteiger partial charge in [0.15, 0.2) is 0 Å². The summed E-state index contributed by atoms with van der Waals surface area (Å²) in [7, 11) is 0. The van der Waals surface area contributed by atoms with E-state index in [0.29, 0.717) is 18.5 Å². The molecule has 1 saturated heterocycles. The number of amidine groups is 1. The second kappa shape index (κ2) is 7.47. The van der Waals surface area contributed by atoms with Gasteiger partial charge in [-0.25, -0.2) is 0 Å². The van der Waals surface area contributed by atoms with Crippen LogP contribution in [-0.2, 0) is 9.59 Å². The summed E-state index contributed by atoms with van der Waals surface area (Å²) in [4.78, 5) is 25.1. The number of hydrogen-bond donors (Lipinski definition) is 3. The molecule has 0 aromatic heterocycles. The van der Waals surface area contributed by atoms with Crippen molar-refractivity contribution in [2.24, 2.45) is 11.1 Å². The Kier molecular flexibility index (Phi) is 5.59. The molecular formula is C18H25N3O3. The number of benzene rings is 1. The zero-order chi connectivity index (χ0) is 17.7. The van der Waals surface area contributed by atoms with Crippen LogP contribution < -0.4 is 10.6 Å². The Balaban J connectivity index is 1.93. The van der Waals surface area contributed by atoms with E-state index in [9.17, 15) is 9.59 Å². The van der Waals surface area contributed by atoms with Gasteiger partial charge in [0.2, 0.25) is 5.91 Å². The Hall–Kier alpha value is -2.37. The van der Waals surface area contributed by atoms with E-state index in [1.807, 2.05) is 19.1 Å². The third-order valence-corrected chi connectivity index (χ3v) is 4.76. The van der Waals surface area contributed by atoms with Crippen LogP contribution in [0.15, 0.2) is 24.3 Å². The minimum absolute atomic E-state index is 0.0143. The van der Waals surface area contributed by atoms with Crippen LogP contribution in [0.1, 0.15) is 51.0 Å². The van der Waals surface area contributed by atoms with Crippen LogP contribution in [0.5, 0.6) is 0 Å². The van der Waals surface area contributed by atoms with Crippen LogP contribution in [0.2, 0.25) is 0 Å². The highest BCUT2D eigenvalue weighted by Crippen LogP contribution is 2.38. The molecule has 0 aliphatic carbocycles. The number of nitrogen functional groups attached to an aromatic ring is 1. The second-order valence-corrected chi connectivity index (χ2v) is 6.68. The highest BCUT2D eigenvalue weighted by molar-refractivity contribution is 6.00. The van der Waals surface area contributed by atoms with Crippen LogP contribution in [-0.4, -0.2) is 29.4 Å². The van der Waals surface area contributed by atoms with Crippen molar-refractivity contribution in [2.45, 2.75) is 45.4 Å². The summed E-state index contributed by atoms with van der Waals surface area (Å²) in [5.74, 6) is -0.629. The van der Waals surface area contributed by atoms with Crippen LogP contribution in [0.25, 0.3) is 0 Å². The SMILES string of the molecule is C[C@]1(CCCCCC(=O)O)CCN(c2ccc(C(=N)N)cc2)C1=O. The molecule has 4 N–H and O–H groups in total. The first-order valence-electron chi connectivity index (χ1n) is 8.32. The molecule has 0 bridgehead atoms. The Labute approximate surface area is 142 Å². The number of carboxylic acids is 1. The molecule has 1 fully saturated rings. The third-order valence-electron chi connectivity index (χ3n) is 4.76. The van der Waals surface area contributed by atoms with Crippen molar-refractivity contribution in [3.8, 4) is 0 Å². The summed E-state index contributed by atoms with van der Waals surface area (Å²) in [5.41, 5.74) is 6.56. The van der Waals surface area contributed by atoms with E-state index in [0.717, 1.165) is 31.4 Å². The van der Waals surface area contributed by atoms with Crippen molar-refractivity contribution in [1.29, 1.82) is 5.41 Å². The summed E-state index contributed by atoms with van der Waals surface area (Å²) in [6.45, 7) is 2.68. The number of nitrogens with two attached hydrogens (primary N) is 1. The first kappa shape index (κ1) is 18.0. The van der Waals surface area contributed by atoms with Gasteiger partial charge in [0.1, 0.15) is 5.84 Å². The average Bonchev–Trinajstić information content (AvgIpc) is 2.83. The standard InChI is InChI=1S/C18H25N3O3/c1-18(10-4-2-3-5-15(22)23)11-12-21(17(18)24)14-8-6-13(7-9-14)16(19)20/h6-9H,2-5,10-12H2,1H3,(H3,19,20)(H,22,23)/t18-/m0/s1. The molecule has 6 heteroatoms. The van der Waals surface area contributed by atoms with E-state index in [2.05, 4.69) is 0 Å². The summed E-state index contributed by atoms with van der Waals surface area (Å²) in [6, 6.07) is 7.17. The predicted octanol–water partition coefficient (Wildman–Crippen LogP) is 2.75. The summed E-state index contributed by atoms with van der Waals surface area (Å²) < 4.78 is 0. The molecule has 130 valence electrons. The lowest BCUT2D eigenvalue weighted by atomic mass is 9.83. The summed E-state index contributed by atoms with van der Waals surface area (Å²) in [5, 5.41) is 16.1. The fourth-order valence-corrected chi connectivity index (χ4v) is 3.16. The average molecular weight is 331 g/mol. The lowest BCUT2D eigenvalue weighted by Crippen LogP contribution is -2.32. The molecular weight excluding hydrogens is 306 g/mol. The Morgan fingerprint density at radius 3 is 2.54 bits per heavy atom. The van der Waals surface area contributed by atoms with Crippen LogP contribution >= 0.6 is 0 Å². The number of carbonyl (C=O) groups excluding carboxylic acids is 1. The quantitative estimate of drug-likeness (QED) is 0.387. The lowest BCUT2D eigenvalue weighted by molar-refractivity contribution is -0.137. The number of nitrogens with one attached hydrogen (secondary N) is 1. The molecule has 0 radical (unpaired) electrons. The Morgan fingerprint density at radius 2 is 1.96 bits per heavy atom. The van der Waals surface area contributed by atoms with E-state index < -0.39 is 5.97 Å². The number of carboxylic acid groups (broad SMARTS) is 1. The first-order chi connectivity index (χ1) is 11.3. The van der Waals surface area contributed by atoms with Gasteiger partial charge >= 0.3 is 5.97 Å². The van der Waals surface area contributed by atoms with E-state index in [1.54, 1.807) is 17.0 Å². The van der Waals surface area contributed by atoms with Crippen molar-refractivity contribution in [3.63, 3.8) is 0 Å². The van der Waals surface area contributed by atoms with Crippen LogP contribution in [0.3, 0.4) is 0 Å². The molecule has 0 unspecified atom stereocenters. The van der Waals surface area contributed by atoms with Gasteiger partial charge in [-0.3, -0.25) is 15.0 Å². The molecule has 24 heavy (non-hydrogen) atoms. The van der Waals surface area contributed by atoms with Gasteiger partial charge in [-0.1, -0.05) is 19.8 Å². The molecule has 1 atom stereocenters. The summed E-state index contributed by atoms with van der Waals surface area (Å²) in [6.07, 6.45) is 4.15. The topological polar surface area (TPSA) is 107 Å². The molecule has 1 aromatic rings. The van der Waals surface area contributed by atoms with E-state index >= 15 is 0 Å². The highest BCUT2D eigenvalue weighted by Gasteiger charge is 2.42. The maximum atomic E-state index is 12.8. The third kappa shape index (κ3) is 4.13. The van der Waals surface area contributed by atoms with Crippen LogP contribution in [0, 0.1) is 10.8 Å². The van der Waals surface area contributed by atoms with Gasteiger partial charge in [0, 0.05) is 29.6 Å². The highest BCUT2D eigenvalue weighted by atomic mass is 16.4. The fraction of sp³-hybridized carbons (Fsp3) is 0.500. The number of aliphatic carboxylic acids is 1. The molecule has 1 aliphatic rings. The smallest absolute Gasteiger partial charge is 0.303 e. The zero-order valence-corrected chi connectivity index (χ0v) is 14.0. The molecule has 1 amide bonds. The molecule has 1 heterocycles. The van der Waals surface area contributed by atoms with Gasteiger partial charge in [-0.15, -0.1) is 0 Å². The number of nitrogens with zero attached hydrogens (tertiary/aromatic N) is 1. The largest absolute Gasteiger partial charge is 0.481 e. The lowest BCUT2D eigenvalue weighted by Gasteiger charge is -2.23. The van der Waals surface area contributed by atoms with E-state index in [1.165, 1.54) is 0 Å². The fourth-order valence-electron chi connectivity index (χ4n) is 3.16. The van der Waals surface area contributed by atoms with E-state index in [-0.39, 0.29) is 23.6 Å². The predicted molar refractivity (Wildman–Crippen MR) is 93.3 cm³/mol. The number of amides is 1. The van der Waals surface area contributed by atoms with Crippen molar-refractivity contribution in [2.75, 3.05) is 11.4 Å². The van der Waals surface area contributed by atoms with Crippen molar-refractivity contribution in [3.05, 3.63) is 29.8 Å². The first-order valence-corrected chi connectivity index (χ1v) is 8.32. The number of unbranched alkanes of at least 4 members (excludes halogenated alkanes) is 2. The van der Waals surface area contributed by atoms with Gasteiger partial charge in [-0.2, -0.15) is 0 Å². The second-order valence-electron chi connectivity index (χ2n) is 6.68. The molecule has 0 saturated carbocycles. The monoisotopic (exact) mass is 331 g/mol. The molecule has 1 aromatic carbocycles. The van der Waals surface area contributed by atoms with Gasteiger partial charge in [0.05, 0.1) is 0 Å². The Morgan fingerprint density at radius 1 is 1.29 bits per heavy atom. The van der Waals surface area contributed by atoms with Crippen molar-refractivity contribution >= 4 is 23.4 Å². The number of rotatable bonds is 8. The summed E-state index contributed by atoms with van der Waals surface area (Å²) >= 11 is 0. The minimum atomic E-state index is -0.765. The van der Waals surface area contributed by atoms with Crippen LogP contribution in [0.4, 0.5) is 5.69 Å². The number of carbonyl (C=O) groups is 2. The van der Waals surface area contributed by atoms with Crippen molar-refractivity contribution in [1.82, 2.24) is 0 Å². The molecule has 0 spiro atoms. The maximum Gasteiger partial charge on any atom is 0.303 e. The minimum Gasteiger partial charge on any atom is -0.481 e. The van der Waals surface area contributed by atoms with Gasteiger partial charge in [-0.05, 0) is 43.5 Å². The van der Waals surface area contributed by atoms with Gasteiger partial charge < -0.3 is 15.7 Å². The number of hydrogen-bond acceptors (Lipinski definition) is 3. The molecule has 2 rings (SSSR count). The Bertz CT molecular complexity index is 627. The van der Waals surface area contributed by atoms with Gasteiger partial charge in [0.25, 0.3) is 0 Å². The van der Waals surface area contributed by atoms with Crippen molar-refractivity contribution < 1.29 is 14.7 Å². The maximum absolute atomic E-state index is 12.8. The normalized spacial score (nSPS) is 20.4. The molecule has 6 nitrogen and oxygen atoms in total.